The van der Waals surface area contributed by atoms with Crippen LogP contribution >= 0.6 is 0 Å². The van der Waals surface area contributed by atoms with Crippen molar-refractivity contribution in [3.05, 3.63) is 23.3 Å². The molecule has 20 heavy (non-hydrogen) atoms. The van der Waals surface area contributed by atoms with Gasteiger partial charge in [-0.25, -0.2) is 0 Å². The van der Waals surface area contributed by atoms with Crippen LogP contribution in [0.3, 0.4) is 0 Å². The van der Waals surface area contributed by atoms with E-state index < -0.39 is 24.3 Å². The van der Waals surface area contributed by atoms with E-state index in [4.69, 9.17) is 0 Å². The second-order valence-corrected chi connectivity index (χ2v) is 5.40. The molecule has 4 atom stereocenters. The minimum atomic E-state index is -1.10. The van der Waals surface area contributed by atoms with Gasteiger partial charge in [-0.05, 0) is 11.6 Å². The summed E-state index contributed by atoms with van der Waals surface area (Å²) in [5.41, 5.74) is 4.43. The average molecular weight is 281 g/mol. The molecule has 2 aliphatic rings. The van der Waals surface area contributed by atoms with Crippen molar-refractivity contribution < 1.29 is 31.0 Å². The van der Waals surface area contributed by atoms with Crippen LogP contribution in [0, 0.1) is 0 Å². The van der Waals surface area contributed by atoms with Crippen LogP contribution in [0.25, 0.3) is 0 Å². The van der Waals surface area contributed by atoms with Gasteiger partial charge in [0.25, 0.3) is 5.91 Å². The molecule has 0 aromatic heterocycles. The molecule has 7 N–H and O–H groups in total. The Morgan fingerprint density at radius 2 is 1.95 bits per heavy atom. The number of amides is 1. The fraction of sp³-hybridized carbons (Fsp3) is 0.462. The zero-order chi connectivity index (χ0) is 14.6. The van der Waals surface area contributed by atoms with Crippen molar-refractivity contribution in [1.82, 2.24) is 4.90 Å². The lowest BCUT2D eigenvalue weighted by Gasteiger charge is -2.46. The predicted octanol–water partition coefficient (Wildman–Crippen LogP) is -1.78. The van der Waals surface area contributed by atoms with E-state index in [1.54, 1.807) is 0 Å². The van der Waals surface area contributed by atoms with Crippen LogP contribution in [0.15, 0.2) is 12.1 Å². The van der Waals surface area contributed by atoms with Gasteiger partial charge >= 0.3 is 0 Å². The van der Waals surface area contributed by atoms with Gasteiger partial charge in [0.05, 0.1) is 18.7 Å². The number of hydrogen-bond donors (Lipinski definition) is 5. The highest BCUT2D eigenvalue weighted by molar-refractivity contribution is 5.82. The number of aliphatic hydroxyl groups excluding tert-OH is 2. The number of hydrogen-bond acceptors (Lipinski definition) is 5. The molecule has 1 saturated heterocycles. The zero-order valence-corrected chi connectivity index (χ0v) is 10.7. The smallest absolute Gasteiger partial charge is 0.281 e. The molecule has 0 unspecified atom stereocenters. The van der Waals surface area contributed by atoms with Gasteiger partial charge in [0, 0.05) is 12.0 Å². The van der Waals surface area contributed by atoms with E-state index in [1.165, 1.54) is 17.0 Å². The highest BCUT2D eigenvalue weighted by atomic mass is 16.3. The summed E-state index contributed by atoms with van der Waals surface area (Å²) in [4.78, 5) is 13.5. The van der Waals surface area contributed by atoms with Gasteiger partial charge in [-0.15, -0.1) is 0 Å². The van der Waals surface area contributed by atoms with Gasteiger partial charge in [0.15, 0.2) is 17.5 Å². The number of carbonyl (C=O) groups excluding carboxylic acids is 1. The highest BCUT2D eigenvalue weighted by Crippen LogP contribution is 2.42. The summed E-state index contributed by atoms with van der Waals surface area (Å²) in [6.07, 6.45) is -1.76. The first-order valence-electron chi connectivity index (χ1n) is 6.45. The number of phenols is 2. The number of aliphatic hydroxyl groups is 2. The van der Waals surface area contributed by atoms with Crippen LogP contribution in [-0.2, 0) is 11.3 Å². The average Bonchev–Trinajstić information content (AvgIpc) is 2.40. The number of rotatable bonds is 0. The third-order valence-corrected chi connectivity index (χ3v) is 4.18. The molecule has 7 nitrogen and oxygen atoms in total. The molecule has 2 heterocycles. The Bertz CT molecular complexity index is 576. The minimum Gasteiger partial charge on any atom is -0.504 e. The Kier molecular flexibility index (Phi) is 2.86. The topological polar surface area (TPSA) is 129 Å². The maximum atomic E-state index is 12.2. The lowest BCUT2D eigenvalue weighted by Crippen LogP contribution is -2.74. The van der Waals surface area contributed by atoms with Crippen LogP contribution in [0.2, 0.25) is 0 Å². The Balaban J connectivity index is 2.10. The molecule has 3 rings (SSSR count). The Hall–Kier alpha value is -1.83. The number of piperidine rings is 1. The van der Waals surface area contributed by atoms with E-state index in [0.29, 0.717) is 11.1 Å². The molecule has 1 fully saturated rings. The lowest BCUT2D eigenvalue weighted by molar-refractivity contribution is -0.415. The van der Waals surface area contributed by atoms with E-state index in [-0.39, 0.29) is 30.4 Å². The van der Waals surface area contributed by atoms with Crippen molar-refractivity contribution in [2.24, 2.45) is 0 Å². The van der Waals surface area contributed by atoms with Gasteiger partial charge in [-0.3, -0.25) is 4.79 Å². The normalized spacial score (nSPS) is 32.8. The van der Waals surface area contributed by atoms with Crippen molar-refractivity contribution in [2.75, 3.05) is 0 Å². The summed E-state index contributed by atoms with van der Waals surface area (Å²) in [5, 5.41) is 39.9. The van der Waals surface area contributed by atoms with Gasteiger partial charge in [-0.1, -0.05) is 6.07 Å². The van der Waals surface area contributed by atoms with Gasteiger partial charge in [0.2, 0.25) is 0 Å². The number of fused-ring (bicyclic) bond motifs is 2. The largest absolute Gasteiger partial charge is 0.504 e. The lowest BCUT2D eigenvalue weighted by atomic mass is 9.82. The number of carbonyl (C=O) groups is 1. The monoisotopic (exact) mass is 281 g/mol. The summed E-state index contributed by atoms with van der Waals surface area (Å²) >= 11 is 0. The second kappa shape index (κ2) is 4.34. The fourth-order valence-corrected chi connectivity index (χ4v) is 3.12. The first kappa shape index (κ1) is 13.2. The molecule has 0 radical (unpaired) electrons. The highest BCUT2D eigenvalue weighted by Gasteiger charge is 2.48. The third-order valence-electron chi connectivity index (χ3n) is 4.18. The van der Waals surface area contributed by atoms with Crippen LogP contribution in [0.1, 0.15) is 23.7 Å². The fourth-order valence-electron chi connectivity index (χ4n) is 3.12. The minimum absolute atomic E-state index is 0.0409. The Morgan fingerprint density at radius 3 is 2.65 bits per heavy atom. The van der Waals surface area contributed by atoms with Crippen LogP contribution in [-0.4, -0.2) is 49.4 Å². The van der Waals surface area contributed by atoms with Crippen molar-refractivity contribution in [3.8, 4) is 11.5 Å². The summed E-state index contributed by atoms with van der Waals surface area (Å²) in [5.74, 6) is -0.910. The maximum absolute atomic E-state index is 12.2. The molecule has 1 aromatic rings. The molecule has 1 amide bonds. The number of aromatic hydroxyl groups is 2. The van der Waals surface area contributed by atoms with Crippen LogP contribution < -0.4 is 5.73 Å². The van der Waals surface area contributed by atoms with E-state index >= 15 is 0 Å². The predicted molar refractivity (Wildman–Crippen MR) is 66.4 cm³/mol. The summed E-state index contributed by atoms with van der Waals surface area (Å²) in [6, 6.07) is 1.47. The van der Waals surface area contributed by atoms with E-state index in [9.17, 15) is 25.2 Å². The molecule has 2 aliphatic heterocycles. The standard InChI is InChI=1S/C13H16N2O5/c14-7-3-9(17)10-12(19)5-1-2-8(16)11(18)6(5)4-15(10)13(7)20/h1-2,7,9-10,12,16-19H,3-4,14H2/p+1/t7-,9-,10+,12+/m0/s1. The zero-order valence-electron chi connectivity index (χ0n) is 10.7. The summed E-state index contributed by atoms with van der Waals surface area (Å²) < 4.78 is 0. The molecule has 0 saturated carbocycles. The van der Waals surface area contributed by atoms with E-state index in [2.05, 4.69) is 5.73 Å². The Labute approximate surface area is 114 Å². The Morgan fingerprint density at radius 1 is 1.25 bits per heavy atom. The molecular formula is C13H17N2O5+. The second-order valence-electron chi connectivity index (χ2n) is 5.40. The first-order chi connectivity index (χ1) is 9.41. The van der Waals surface area contributed by atoms with Crippen molar-refractivity contribution in [3.63, 3.8) is 0 Å². The number of benzene rings is 1. The summed E-state index contributed by atoms with van der Waals surface area (Å²) in [7, 11) is 0. The SMILES string of the molecule is [NH3+][C@H]1C[C@H](O)[C@@H]2[C@H](O)c3ccc(O)c(O)c3CN2C1=O. The van der Waals surface area contributed by atoms with Gasteiger partial charge in [0.1, 0.15) is 6.10 Å². The van der Waals surface area contributed by atoms with Gasteiger partial charge < -0.3 is 31.1 Å². The van der Waals surface area contributed by atoms with Crippen molar-refractivity contribution in [2.45, 2.75) is 37.3 Å². The van der Waals surface area contributed by atoms with E-state index in [0.717, 1.165) is 0 Å². The number of phenolic OH excluding ortho intramolecular Hbond substituents is 2. The van der Waals surface area contributed by atoms with Crippen molar-refractivity contribution in [1.29, 1.82) is 0 Å². The van der Waals surface area contributed by atoms with Crippen LogP contribution in [0.4, 0.5) is 0 Å². The van der Waals surface area contributed by atoms with Crippen molar-refractivity contribution >= 4 is 5.91 Å². The summed E-state index contributed by atoms with van der Waals surface area (Å²) in [6.45, 7) is 0.0409. The molecular weight excluding hydrogens is 264 g/mol. The van der Waals surface area contributed by atoms with Gasteiger partial charge in [-0.2, -0.15) is 0 Å². The first-order valence-corrected chi connectivity index (χ1v) is 6.45. The quantitative estimate of drug-likeness (QED) is 0.359. The molecule has 0 aliphatic carbocycles. The maximum Gasteiger partial charge on any atom is 0.281 e. The third kappa shape index (κ3) is 1.67. The van der Waals surface area contributed by atoms with Crippen LogP contribution in [0.5, 0.6) is 11.5 Å². The molecule has 1 aromatic carbocycles. The molecule has 7 heteroatoms. The molecule has 0 spiro atoms. The molecule has 108 valence electrons. The molecule has 0 bridgehead atoms. The number of quaternary nitrogens is 1. The van der Waals surface area contributed by atoms with E-state index in [1.807, 2.05) is 0 Å². The number of nitrogens with zero attached hydrogens (tertiary/aromatic N) is 1.